The van der Waals surface area contributed by atoms with E-state index in [9.17, 15) is 9.18 Å². The number of hydrogen-bond acceptors (Lipinski definition) is 3. The summed E-state index contributed by atoms with van der Waals surface area (Å²) in [6.07, 6.45) is 2.37. The molecule has 2 fully saturated rings. The number of nitriles is 1. The molecule has 3 atom stereocenters. The minimum Gasteiger partial charge on any atom is -0.447 e. The molecule has 3 unspecified atom stereocenters. The Hall–Kier alpha value is -2.35. The maximum absolute atomic E-state index is 14.3. The number of anilines is 1. The third-order valence-corrected chi connectivity index (χ3v) is 4.60. The lowest BCUT2D eigenvalue weighted by atomic mass is 10.00. The topological polar surface area (TPSA) is 53.3 Å². The molecular formula is C16H13FN2O2. The van der Waals surface area contributed by atoms with Crippen molar-refractivity contribution in [2.45, 2.75) is 6.42 Å². The van der Waals surface area contributed by atoms with Crippen LogP contribution in [0.2, 0.25) is 0 Å². The second kappa shape index (κ2) is 4.32. The molecule has 4 nitrogen and oxygen atoms in total. The number of carbonyl (C=O) groups is 1. The van der Waals surface area contributed by atoms with E-state index >= 15 is 0 Å². The van der Waals surface area contributed by atoms with Crippen molar-refractivity contribution in [1.29, 1.82) is 5.26 Å². The van der Waals surface area contributed by atoms with Gasteiger partial charge in [0.25, 0.3) is 0 Å². The van der Waals surface area contributed by atoms with Crippen molar-refractivity contribution in [3.8, 4) is 6.07 Å². The summed E-state index contributed by atoms with van der Waals surface area (Å²) in [4.78, 5) is 12.9. The molecule has 0 bridgehead atoms. The predicted molar refractivity (Wildman–Crippen MR) is 73.8 cm³/mol. The Morgan fingerprint density at radius 3 is 2.86 bits per heavy atom. The van der Waals surface area contributed by atoms with Gasteiger partial charge in [-0.2, -0.15) is 5.26 Å². The van der Waals surface area contributed by atoms with Crippen molar-refractivity contribution in [3.63, 3.8) is 0 Å². The van der Waals surface area contributed by atoms with E-state index in [-0.39, 0.29) is 11.7 Å². The van der Waals surface area contributed by atoms with Gasteiger partial charge in [-0.15, -0.1) is 0 Å². The average molecular weight is 284 g/mol. The number of benzene rings is 1. The molecule has 1 heterocycles. The largest absolute Gasteiger partial charge is 0.447 e. The van der Waals surface area contributed by atoms with Crippen LogP contribution >= 0.6 is 0 Å². The van der Waals surface area contributed by atoms with E-state index in [0.29, 0.717) is 36.2 Å². The van der Waals surface area contributed by atoms with Crippen molar-refractivity contribution < 1.29 is 13.9 Å². The Morgan fingerprint density at radius 1 is 1.43 bits per heavy atom. The fraction of sp³-hybridized carbons (Fsp3) is 0.375. The molecule has 0 radical (unpaired) electrons. The van der Waals surface area contributed by atoms with Crippen LogP contribution in [0.4, 0.5) is 14.9 Å². The third kappa shape index (κ3) is 1.83. The summed E-state index contributed by atoms with van der Waals surface area (Å²) in [5, 5.41) is 8.90. The van der Waals surface area contributed by atoms with Gasteiger partial charge in [0, 0.05) is 5.56 Å². The van der Waals surface area contributed by atoms with Crippen LogP contribution in [-0.2, 0) is 4.74 Å². The Morgan fingerprint density at radius 2 is 2.29 bits per heavy atom. The second-order valence-corrected chi connectivity index (χ2v) is 5.72. The first-order valence-corrected chi connectivity index (χ1v) is 7.03. The van der Waals surface area contributed by atoms with E-state index in [1.54, 1.807) is 12.1 Å². The zero-order chi connectivity index (χ0) is 14.6. The smallest absolute Gasteiger partial charge is 0.414 e. The molecule has 1 amide bonds. The second-order valence-electron chi connectivity index (χ2n) is 5.72. The molecule has 0 N–H and O–H groups in total. The normalized spacial score (nSPS) is 29.7. The van der Waals surface area contributed by atoms with Crippen LogP contribution in [-0.4, -0.2) is 19.2 Å². The Kier molecular flexibility index (Phi) is 2.55. The lowest BCUT2D eigenvalue weighted by Gasteiger charge is -2.14. The van der Waals surface area contributed by atoms with E-state index in [2.05, 4.69) is 6.07 Å². The number of rotatable bonds is 2. The number of carbonyl (C=O) groups excluding carboxylic acids is 1. The van der Waals surface area contributed by atoms with E-state index in [1.165, 1.54) is 11.0 Å². The Labute approximate surface area is 121 Å². The van der Waals surface area contributed by atoms with Crippen molar-refractivity contribution in [2.75, 3.05) is 18.1 Å². The van der Waals surface area contributed by atoms with Crippen molar-refractivity contribution in [3.05, 3.63) is 35.7 Å². The molecule has 1 saturated carbocycles. The first-order valence-electron chi connectivity index (χ1n) is 7.03. The van der Waals surface area contributed by atoms with Gasteiger partial charge in [-0.3, -0.25) is 4.90 Å². The summed E-state index contributed by atoms with van der Waals surface area (Å²) in [5.41, 5.74) is 2.08. The highest BCUT2D eigenvalue weighted by atomic mass is 19.1. The summed E-state index contributed by atoms with van der Waals surface area (Å²) >= 11 is 0. The molecule has 4 rings (SSSR count). The van der Waals surface area contributed by atoms with Gasteiger partial charge in [-0.1, -0.05) is 6.08 Å². The van der Waals surface area contributed by atoms with Crippen molar-refractivity contribution in [2.24, 2.45) is 17.8 Å². The number of nitrogens with zero attached hydrogens (tertiary/aromatic N) is 2. The highest BCUT2D eigenvalue weighted by Crippen LogP contribution is 2.57. The number of cyclic esters (lactones) is 1. The SMILES string of the molecule is N#CC1C2C=C(c3ccc(N4CCOC4=O)cc3F)CC12. The molecule has 106 valence electrons. The highest BCUT2D eigenvalue weighted by Gasteiger charge is 2.53. The number of ether oxygens (including phenoxy) is 1. The van der Waals surface area contributed by atoms with E-state index < -0.39 is 6.09 Å². The van der Waals surface area contributed by atoms with E-state index in [1.807, 2.05) is 6.08 Å². The maximum Gasteiger partial charge on any atom is 0.414 e. The van der Waals surface area contributed by atoms with Gasteiger partial charge >= 0.3 is 6.09 Å². The minimum atomic E-state index is -0.430. The number of allylic oxidation sites excluding steroid dienone is 2. The maximum atomic E-state index is 14.3. The van der Waals surface area contributed by atoms with E-state index in [4.69, 9.17) is 10.00 Å². The molecule has 1 aromatic rings. The minimum absolute atomic E-state index is 0.121. The molecule has 21 heavy (non-hydrogen) atoms. The van der Waals surface area contributed by atoms with Gasteiger partial charge in [0.05, 0.1) is 24.2 Å². The van der Waals surface area contributed by atoms with Crippen LogP contribution < -0.4 is 4.90 Å². The molecule has 2 aliphatic carbocycles. The lowest BCUT2D eigenvalue weighted by molar-refractivity contribution is 0.181. The zero-order valence-electron chi connectivity index (χ0n) is 11.3. The van der Waals surface area contributed by atoms with Gasteiger partial charge in [0.2, 0.25) is 0 Å². The quantitative estimate of drug-likeness (QED) is 0.839. The summed E-state index contributed by atoms with van der Waals surface area (Å²) in [6, 6.07) is 7.13. The van der Waals surface area contributed by atoms with Crippen molar-refractivity contribution in [1.82, 2.24) is 0 Å². The van der Waals surface area contributed by atoms with E-state index in [0.717, 1.165) is 12.0 Å². The standard InChI is InChI=1S/C16H13FN2O2/c17-15-7-10(19-3-4-21-16(19)20)1-2-11(15)9-5-12-13(6-9)14(12)8-18/h1-2,5,7,12-14H,3-4,6H2. The highest BCUT2D eigenvalue weighted by molar-refractivity contribution is 5.89. The van der Waals surface area contributed by atoms with Crippen LogP contribution in [0.15, 0.2) is 24.3 Å². The monoisotopic (exact) mass is 284 g/mol. The number of fused-ring (bicyclic) bond motifs is 1. The molecule has 1 aliphatic heterocycles. The lowest BCUT2D eigenvalue weighted by Crippen LogP contribution is -2.23. The fourth-order valence-electron chi connectivity index (χ4n) is 3.39. The summed E-state index contributed by atoms with van der Waals surface area (Å²) in [7, 11) is 0. The van der Waals surface area contributed by atoms with Crippen LogP contribution in [0, 0.1) is 34.9 Å². The molecule has 5 heteroatoms. The molecule has 1 saturated heterocycles. The predicted octanol–water partition coefficient (Wildman–Crippen LogP) is 2.96. The summed E-state index contributed by atoms with van der Waals surface area (Å²) in [6.45, 7) is 0.792. The van der Waals surface area contributed by atoms with Crippen LogP contribution in [0.25, 0.3) is 5.57 Å². The molecular weight excluding hydrogens is 271 g/mol. The number of halogens is 1. The van der Waals surface area contributed by atoms with Crippen LogP contribution in [0.5, 0.6) is 0 Å². The average Bonchev–Trinajstić information content (AvgIpc) is 2.81. The first-order chi connectivity index (χ1) is 10.2. The van der Waals surface area contributed by atoms with Gasteiger partial charge < -0.3 is 4.74 Å². The van der Waals surface area contributed by atoms with Gasteiger partial charge in [0.1, 0.15) is 12.4 Å². The molecule has 0 spiro atoms. The fourth-order valence-corrected chi connectivity index (χ4v) is 3.39. The third-order valence-electron chi connectivity index (χ3n) is 4.60. The Balaban J connectivity index is 1.60. The van der Waals surface area contributed by atoms with Crippen molar-refractivity contribution >= 4 is 17.4 Å². The van der Waals surface area contributed by atoms with Gasteiger partial charge in [-0.05, 0) is 42.0 Å². The van der Waals surface area contributed by atoms with Crippen LogP contribution in [0.1, 0.15) is 12.0 Å². The molecule has 0 aromatic heterocycles. The summed E-state index contributed by atoms with van der Waals surface area (Å²) in [5.74, 6) is 0.471. The Bertz CT molecular complexity index is 707. The number of amides is 1. The van der Waals surface area contributed by atoms with Gasteiger partial charge in [-0.25, -0.2) is 9.18 Å². The molecule has 3 aliphatic rings. The number of hydrogen-bond donors (Lipinski definition) is 0. The summed E-state index contributed by atoms with van der Waals surface area (Å²) < 4.78 is 19.2. The molecule has 1 aromatic carbocycles. The van der Waals surface area contributed by atoms with Gasteiger partial charge in [0.15, 0.2) is 0 Å². The zero-order valence-corrected chi connectivity index (χ0v) is 11.3. The first kappa shape index (κ1) is 12.4. The van der Waals surface area contributed by atoms with Crippen LogP contribution in [0.3, 0.4) is 0 Å².